The van der Waals surface area contributed by atoms with Crippen molar-refractivity contribution in [1.82, 2.24) is 14.5 Å². The van der Waals surface area contributed by atoms with Gasteiger partial charge in [-0.05, 0) is 25.5 Å². The highest BCUT2D eigenvalue weighted by atomic mass is 35.5. The van der Waals surface area contributed by atoms with Crippen LogP contribution in [0.5, 0.6) is 0 Å². The molecular weight excluding hydrogens is 302 g/mol. The number of fused-ring (bicyclic) bond motifs is 1. The summed E-state index contributed by atoms with van der Waals surface area (Å²) in [4.78, 5) is 30.7. The Labute approximate surface area is 134 Å². The summed E-state index contributed by atoms with van der Waals surface area (Å²) in [5.74, 6) is 1.03. The Bertz CT molecular complexity index is 742. The number of amides is 1. The highest BCUT2D eigenvalue weighted by Crippen LogP contribution is 2.18. The first-order chi connectivity index (χ1) is 10.5. The van der Waals surface area contributed by atoms with Crippen molar-refractivity contribution in [1.29, 1.82) is 0 Å². The summed E-state index contributed by atoms with van der Waals surface area (Å²) in [6, 6.07) is 6.94. The predicted octanol–water partition coefficient (Wildman–Crippen LogP) is 2.47. The zero-order chi connectivity index (χ0) is 16.3. The summed E-state index contributed by atoms with van der Waals surface area (Å²) in [6.45, 7) is 1.87. The van der Waals surface area contributed by atoms with Crippen molar-refractivity contribution >= 4 is 28.4 Å². The molecule has 6 heteroatoms. The quantitative estimate of drug-likeness (QED) is 0.795. The zero-order valence-corrected chi connectivity index (χ0v) is 13.8. The molecule has 2 rings (SSSR count). The number of hydrogen-bond acceptors (Lipinski definition) is 3. The number of carbonyl (C=O) groups excluding carboxylic acids is 1. The van der Waals surface area contributed by atoms with Crippen LogP contribution in [0, 0.1) is 0 Å². The summed E-state index contributed by atoms with van der Waals surface area (Å²) in [5, 5.41) is 0.581. The van der Waals surface area contributed by atoms with Gasteiger partial charge >= 0.3 is 0 Å². The van der Waals surface area contributed by atoms with Crippen molar-refractivity contribution in [3.8, 4) is 0 Å². The van der Waals surface area contributed by atoms with E-state index in [1.807, 2.05) is 25.1 Å². The fraction of sp³-hybridized carbons (Fsp3) is 0.438. The normalized spacial score (nSPS) is 12.4. The predicted molar refractivity (Wildman–Crippen MR) is 88.1 cm³/mol. The lowest BCUT2D eigenvalue weighted by atomic mass is 10.2. The van der Waals surface area contributed by atoms with Gasteiger partial charge in [0.2, 0.25) is 5.91 Å². The maximum Gasteiger partial charge on any atom is 0.261 e. The molecule has 0 aliphatic rings. The molecule has 1 heterocycles. The van der Waals surface area contributed by atoms with Gasteiger partial charge in [-0.2, -0.15) is 0 Å². The molecule has 1 aromatic carbocycles. The Hall–Kier alpha value is -1.88. The highest BCUT2D eigenvalue weighted by molar-refractivity contribution is 6.17. The van der Waals surface area contributed by atoms with Gasteiger partial charge in [0.15, 0.2) is 0 Å². The van der Waals surface area contributed by atoms with E-state index in [0.29, 0.717) is 35.4 Å². The van der Waals surface area contributed by atoms with Crippen LogP contribution in [0.4, 0.5) is 0 Å². The van der Waals surface area contributed by atoms with E-state index >= 15 is 0 Å². The third-order valence-corrected chi connectivity index (χ3v) is 4.16. The number of halogens is 1. The Balaban J connectivity index is 2.39. The largest absolute Gasteiger partial charge is 0.336 e. The van der Waals surface area contributed by atoms with Gasteiger partial charge in [-0.15, -0.1) is 11.6 Å². The Morgan fingerprint density at radius 3 is 2.77 bits per heavy atom. The molecule has 118 valence electrons. The lowest BCUT2D eigenvalue weighted by molar-refractivity contribution is -0.132. The lowest BCUT2D eigenvalue weighted by Gasteiger charge is -2.26. The molecule has 2 aromatic rings. The molecule has 0 aliphatic heterocycles. The minimum absolute atomic E-state index is 0.00411. The Morgan fingerprint density at radius 1 is 1.41 bits per heavy atom. The van der Waals surface area contributed by atoms with E-state index in [1.54, 1.807) is 25.1 Å². The van der Waals surface area contributed by atoms with E-state index < -0.39 is 0 Å². The summed E-state index contributed by atoms with van der Waals surface area (Å²) < 4.78 is 1.51. The molecule has 1 unspecified atom stereocenters. The number of rotatable bonds is 5. The van der Waals surface area contributed by atoms with Crippen LogP contribution in [-0.2, 0) is 11.8 Å². The van der Waals surface area contributed by atoms with Gasteiger partial charge in [0.1, 0.15) is 5.82 Å². The maximum absolute atomic E-state index is 12.4. The first-order valence-corrected chi connectivity index (χ1v) is 7.78. The molecule has 0 saturated heterocycles. The second kappa shape index (κ2) is 6.92. The number of hydrogen-bond donors (Lipinski definition) is 0. The van der Waals surface area contributed by atoms with Gasteiger partial charge in [-0.1, -0.05) is 12.1 Å². The van der Waals surface area contributed by atoms with Crippen LogP contribution >= 0.6 is 11.6 Å². The molecule has 1 aromatic heterocycles. The van der Waals surface area contributed by atoms with E-state index in [2.05, 4.69) is 4.98 Å². The monoisotopic (exact) mass is 321 g/mol. The Morgan fingerprint density at radius 2 is 2.09 bits per heavy atom. The van der Waals surface area contributed by atoms with Crippen molar-refractivity contribution < 1.29 is 4.79 Å². The molecule has 1 amide bonds. The summed E-state index contributed by atoms with van der Waals surface area (Å²) >= 11 is 5.63. The molecule has 0 aliphatic carbocycles. The number of nitrogens with zero attached hydrogens (tertiary/aromatic N) is 3. The van der Waals surface area contributed by atoms with Crippen molar-refractivity contribution in [3.05, 3.63) is 40.4 Å². The molecule has 22 heavy (non-hydrogen) atoms. The van der Waals surface area contributed by atoms with E-state index in [9.17, 15) is 9.59 Å². The van der Waals surface area contributed by atoms with Gasteiger partial charge in [-0.3, -0.25) is 14.2 Å². The third-order valence-electron chi connectivity index (χ3n) is 3.89. The number of benzene rings is 1. The molecule has 0 fully saturated rings. The minimum Gasteiger partial charge on any atom is -0.336 e. The van der Waals surface area contributed by atoms with Gasteiger partial charge in [0.25, 0.3) is 5.56 Å². The number of alkyl halides is 1. The van der Waals surface area contributed by atoms with Crippen LogP contribution in [0.2, 0.25) is 0 Å². The van der Waals surface area contributed by atoms with Crippen LogP contribution < -0.4 is 5.56 Å². The van der Waals surface area contributed by atoms with E-state index in [1.165, 1.54) is 4.57 Å². The molecule has 0 radical (unpaired) electrons. The van der Waals surface area contributed by atoms with Crippen LogP contribution in [-0.4, -0.2) is 33.3 Å². The average molecular weight is 322 g/mol. The van der Waals surface area contributed by atoms with Crippen molar-refractivity contribution in [2.24, 2.45) is 7.05 Å². The average Bonchev–Trinajstić information content (AvgIpc) is 2.54. The van der Waals surface area contributed by atoms with E-state index in [0.717, 1.165) is 0 Å². The van der Waals surface area contributed by atoms with Crippen LogP contribution in [0.1, 0.15) is 31.6 Å². The van der Waals surface area contributed by atoms with Crippen LogP contribution in [0.15, 0.2) is 29.1 Å². The maximum atomic E-state index is 12.4. The highest BCUT2D eigenvalue weighted by Gasteiger charge is 2.21. The summed E-state index contributed by atoms with van der Waals surface area (Å²) in [5.41, 5.74) is 0.545. The first kappa shape index (κ1) is 16.5. The molecular formula is C16H20ClN3O2. The van der Waals surface area contributed by atoms with E-state index in [4.69, 9.17) is 11.6 Å². The summed E-state index contributed by atoms with van der Waals surface area (Å²) in [7, 11) is 3.41. The summed E-state index contributed by atoms with van der Waals surface area (Å²) in [6.07, 6.45) is 1.04. The van der Waals surface area contributed by atoms with Crippen molar-refractivity contribution in [2.45, 2.75) is 25.8 Å². The molecule has 0 spiro atoms. The third kappa shape index (κ3) is 3.14. The molecule has 1 atom stereocenters. The van der Waals surface area contributed by atoms with Gasteiger partial charge in [-0.25, -0.2) is 4.98 Å². The molecule has 5 nitrogen and oxygen atoms in total. The van der Waals surface area contributed by atoms with Gasteiger partial charge in [0, 0.05) is 26.4 Å². The van der Waals surface area contributed by atoms with Crippen molar-refractivity contribution in [3.63, 3.8) is 0 Å². The van der Waals surface area contributed by atoms with Crippen molar-refractivity contribution in [2.75, 3.05) is 12.9 Å². The fourth-order valence-corrected chi connectivity index (χ4v) is 2.53. The number of para-hydroxylation sites is 1. The van der Waals surface area contributed by atoms with Gasteiger partial charge < -0.3 is 4.90 Å². The Kier molecular flexibility index (Phi) is 5.19. The minimum atomic E-state index is -0.287. The fourth-order valence-electron chi connectivity index (χ4n) is 2.39. The van der Waals surface area contributed by atoms with Crippen LogP contribution in [0.3, 0.4) is 0 Å². The second-order valence-corrected chi connectivity index (χ2v) is 5.70. The SMILES string of the molecule is CC(c1nc2ccccc2c(=O)n1C)N(C)C(=O)CCCCl. The zero-order valence-electron chi connectivity index (χ0n) is 13.0. The van der Waals surface area contributed by atoms with E-state index in [-0.39, 0.29) is 17.5 Å². The lowest BCUT2D eigenvalue weighted by Crippen LogP contribution is -2.34. The topological polar surface area (TPSA) is 55.2 Å². The molecule has 0 bridgehead atoms. The molecule has 0 N–H and O–H groups in total. The van der Waals surface area contributed by atoms with Crippen LogP contribution in [0.25, 0.3) is 10.9 Å². The smallest absolute Gasteiger partial charge is 0.261 e. The first-order valence-electron chi connectivity index (χ1n) is 7.24. The van der Waals surface area contributed by atoms with Gasteiger partial charge in [0.05, 0.1) is 16.9 Å². The second-order valence-electron chi connectivity index (χ2n) is 5.32. The molecule has 0 saturated carbocycles. The standard InChI is InChI=1S/C16H20ClN3O2/c1-11(19(2)14(21)9-6-10-17)15-18-13-8-5-4-7-12(13)16(22)20(15)3/h4-5,7-8,11H,6,9-10H2,1-3H3. The number of aromatic nitrogens is 2. The number of carbonyl (C=O) groups is 1.